The number of carbonyl (C=O) groups is 2. The lowest BCUT2D eigenvalue weighted by molar-refractivity contribution is 0.0751. The van der Waals surface area contributed by atoms with Gasteiger partial charge in [0.1, 0.15) is 0 Å². The first-order chi connectivity index (χ1) is 14.1. The fourth-order valence-electron chi connectivity index (χ4n) is 3.39. The molecule has 2 aromatic carbocycles. The fourth-order valence-corrected chi connectivity index (χ4v) is 4.08. The van der Waals surface area contributed by atoms with Crippen molar-refractivity contribution in [1.29, 1.82) is 0 Å². The molecule has 0 spiro atoms. The number of thiophene rings is 1. The first-order valence-corrected chi connectivity index (χ1v) is 10.5. The number of benzene rings is 2. The van der Waals surface area contributed by atoms with E-state index in [2.05, 4.69) is 10.2 Å². The van der Waals surface area contributed by atoms with Gasteiger partial charge in [0.25, 0.3) is 11.8 Å². The summed E-state index contributed by atoms with van der Waals surface area (Å²) in [7, 11) is 0. The first kappa shape index (κ1) is 19.2. The van der Waals surface area contributed by atoms with Gasteiger partial charge in [-0.1, -0.05) is 23.8 Å². The molecule has 1 aliphatic heterocycles. The second-order valence-corrected chi connectivity index (χ2v) is 8.07. The minimum atomic E-state index is -0.113. The number of piperazine rings is 1. The van der Waals surface area contributed by atoms with Crippen molar-refractivity contribution >= 4 is 34.5 Å². The van der Waals surface area contributed by atoms with Crippen LogP contribution in [-0.2, 0) is 0 Å². The highest BCUT2D eigenvalue weighted by Gasteiger charge is 2.22. The summed E-state index contributed by atoms with van der Waals surface area (Å²) in [6.45, 7) is 5.02. The lowest BCUT2D eigenvalue weighted by Crippen LogP contribution is -2.48. The third kappa shape index (κ3) is 4.49. The van der Waals surface area contributed by atoms with Crippen LogP contribution in [0.5, 0.6) is 0 Å². The van der Waals surface area contributed by atoms with E-state index in [1.807, 2.05) is 77.9 Å². The van der Waals surface area contributed by atoms with E-state index in [1.165, 1.54) is 11.3 Å². The zero-order chi connectivity index (χ0) is 20.2. The van der Waals surface area contributed by atoms with Crippen molar-refractivity contribution < 1.29 is 9.59 Å². The van der Waals surface area contributed by atoms with E-state index in [1.54, 1.807) is 0 Å². The number of nitrogens with one attached hydrogen (secondary N) is 1. The molecule has 1 saturated heterocycles. The van der Waals surface area contributed by atoms with Gasteiger partial charge in [0.05, 0.1) is 4.88 Å². The molecule has 148 valence electrons. The molecule has 4 rings (SSSR count). The summed E-state index contributed by atoms with van der Waals surface area (Å²) in [4.78, 5) is 29.8. The van der Waals surface area contributed by atoms with Crippen LogP contribution in [0.15, 0.2) is 66.0 Å². The van der Waals surface area contributed by atoms with Gasteiger partial charge in [-0.2, -0.15) is 0 Å². The van der Waals surface area contributed by atoms with Crippen LogP contribution in [0.2, 0.25) is 0 Å². The number of hydrogen-bond acceptors (Lipinski definition) is 4. The zero-order valence-electron chi connectivity index (χ0n) is 16.3. The van der Waals surface area contributed by atoms with Gasteiger partial charge in [-0.05, 0) is 54.8 Å². The minimum Gasteiger partial charge on any atom is -0.368 e. The Balaban J connectivity index is 1.33. The van der Waals surface area contributed by atoms with Crippen LogP contribution in [-0.4, -0.2) is 42.9 Å². The Morgan fingerprint density at radius 2 is 1.59 bits per heavy atom. The third-order valence-corrected chi connectivity index (χ3v) is 5.96. The van der Waals surface area contributed by atoms with Gasteiger partial charge in [-0.15, -0.1) is 11.3 Å². The van der Waals surface area contributed by atoms with Crippen LogP contribution < -0.4 is 10.2 Å². The van der Waals surface area contributed by atoms with Gasteiger partial charge in [-0.3, -0.25) is 9.59 Å². The summed E-state index contributed by atoms with van der Waals surface area (Å²) < 4.78 is 0. The Morgan fingerprint density at radius 1 is 0.897 bits per heavy atom. The van der Waals surface area contributed by atoms with Crippen molar-refractivity contribution in [2.24, 2.45) is 0 Å². The SMILES string of the molecule is Cc1ccc(C(=O)Nc2ccc(N3CCN(C(=O)c4cccs4)CC3)cc2)cc1. The van der Waals surface area contributed by atoms with Crippen LogP contribution in [0.3, 0.4) is 0 Å². The highest BCUT2D eigenvalue weighted by atomic mass is 32.1. The molecule has 3 aromatic rings. The van der Waals surface area contributed by atoms with Gasteiger partial charge in [0.2, 0.25) is 0 Å². The molecule has 6 heteroatoms. The molecule has 5 nitrogen and oxygen atoms in total. The third-order valence-electron chi connectivity index (χ3n) is 5.10. The maximum Gasteiger partial charge on any atom is 0.264 e. The summed E-state index contributed by atoms with van der Waals surface area (Å²) in [5.74, 6) is 0.00673. The van der Waals surface area contributed by atoms with Gasteiger partial charge >= 0.3 is 0 Å². The maximum atomic E-state index is 12.5. The summed E-state index contributed by atoms with van der Waals surface area (Å²) in [6.07, 6.45) is 0. The van der Waals surface area contributed by atoms with Gasteiger partial charge < -0.3 is 15.1 Å². The molecular weight excluding hydrogens is 382 g/mol. The van der Waals surface area contributed by atoms with Gasteiger partial charge in [-0.25, -0.2) is 0 Å². The second kappa shape index (κ2) is 8.49. The number of carbonyl (C=O) groups excluding carboxylic acids is 2. The predicted molar refractivity (Wildman–Crippen MR) is 118 cm³/mol. The normalized spacial score (nSPS) is 14.0. The van der Waals surface area contributed by atoms with E-state index in [9.17, 15) is 9.59 Å². The number of hydrogen-bond donors (Lipinski definition) is 1. The molecule has 1 fully saturated rings. The van der Waals surface area contributed by atoms with Gasteiger partial charge in [0.15, 0.2) is 0 Å². The number of anilines is 2. The zero-order valence-corrected chi connectivity index (χ0v) is 17.1. The topological polar surface area (TPSA) is 52.7 Å². The van der Waals surface area contributed by atoms with E-state index in [0.717, 1.165) is 34.9 Å². The van der Waals surface area contributed by atoms with Crippen molar-refractivity contribution in [2.75, 3.05) is 36.4 Å². The highest BCUT2D eigenvalue weighted by Crippen LogP contribution is 2.21. The largest absolute Gasteiger partial charge is 0.368 e. The van der Waals surface area contributed by atoms with Crippen molar-refractivity contribution in [3.63, 3.8) is 0 Å². The molecule has 0 atom stereocenters. The van der Waals surface area contributed by atoms with E-state index in [0.29, 0.717) is 18.7 Å². The maximum absolute atomic E-state index is 12.5. The molecule has 0 saturated carbocycles. The molecule has 29 heavy (non-hydrogen) atoms. The molecule has 0 radical (unpaired) electrons. The molecule has 0 aliphatic carbocycles. The summed E-state index contributed by atoms with van der Waals surface area (Å²) >= 11 is 1.49. The average Bonchev–Trinajstić information content (AvgIpc) is 3.29. The van der Waals surface area contributed by atoms with Crippen LogP contribution in [0, 0.1) is 6.92 Å². The van der Waals surface area contributed by atoms with Crippen LogP contribution in [0.25, 0.3) is 0 Å². The monoisotopic (exact) mass is 405 g/mol. The fraction of sp³-hybridized carbons (Fsp3) is 0.217. The molecular formula is C23H23N3O2S. The predicted octanol–water partition coefficient (Wildman–Crippen LogP) is 4.27. The number of aryl methyl sites for hydroxylation is 1. The quantitative estimate of drug-likeness (QED) is 0.705. The van der Waals surface area contributed by atoms with Crippen LogP contribution >= 0.6 is 11.3 Å². The van der Waals surface area contributed by atoms with Gasteiger partial charge in [0, 0.05) is 43.1 Å². The Morgan fingerprint density at radius 3 is 2.21 bits per heavy atom. The van der Waals surface area contributed by atoms with E-state index < -0.39 is 0 Å². The molecule has 1 N–H and O–H groups in total. The van der Waals surface area contributed by atoms with Crippen molar-refractivity contribution in [3.05, 3.63) is 82.0 Å². The van der Waals surface area contributed by atoms with Crippen LogP contribution in [0.1, 0.15) is 25.6 Å². The summed E-state index contributed by atoms with van der Waals surface area (Å²) in [5, 5.41) is 4.87. The Kier molecular flexibility index (Phi) is 5.62. The smallest absolute Gasteiger partial charge is 0.264 e. The van der Waals surface area contributed by atoms with Crippen LogP contribution in [0.4, 0.5) is 11.4 Å². The van der Waals surface area contributed by atoms with Crippen molar-refractivity contribution in [3.8, 4) is 0 Å². The van der Waals surface area contributed by atoms with E-state index >= 15 is 0 Å². The summed E-state index contributed by atoms with van der Waals surface area (Å²) in [5.41, 5.74) is 3.64. The summed E-state index contributed by atoms with van der Waals surface area (Å²) in [6, 6.07) is 19.2. The lowest BCUT2D eigenvalue weighted by Gasteiger charge is -2.36. The average molecular weight is 406 g/mol. The van der Waals surface area contributed by atoms with Crippen molar-refractivity contribution in [1.82, 2.24) is 4.90 Å². The molecule has 2 amide bonds. The molecule has 2 heterocycles. The standard InChI is InChI=1S/C23H23N3O2S/c1-17-4-6-18(7-5-17)22(27)24-19-8-10-20(11-9-19)25-12-14-26(15-13-25)23(28)21-3-2-16-29-21/h2-11,16H,12-15H2,1H3,(H,24,27). The first-order valence-electron chi connectivity index (χ1n) is 9.66. The van der Waals surface area contributed by atoms with E-state index in [4.69, 9.17) is 0 Å². The Labute approximate surface area is 174 Å². The van der Waals surface area contributed by atoms with E-state index in [-0.39, 0.29) is 11.8 Å². The Hall–Kier alpha value is -3.12. The number of nitrogens with zero attached hydrogens (tertiary/aromatic N) is 2. The Bertz CT molecular complexity index is 974. The molecule has 1 aliphatic rings. The van der Waals surface area contributed by atoms with Crippen molar-refractivity contribution in [2.45, 2.75) is 6.92 Å². The molecule has 0 unspecified atom stereocenters. The second-order valence-electron chi connectivity index (χ2n) is 7.12. The highest BCUT2D eigenvalue weighted by molar-refractivity contribution is 7.12. The number of rotatable bonds is 4. The molecule has 1 aromatic heterocycles. The minimum absolute atomic E-state index is 0.113. The number of amides is 2. The lowest BCUT2D eigenvalue weighted by atomic mass is 10.1. The molecule has 0 bridgehead atoms.